The Morgan fingerprint density at radius 3 is 2.70 bits per heavy atom. The third-order valence-electron chi connectivity index (χ3n) is 5.19. The van der Waals surface area contributed by atoms with Crippen LogP contribution in [0.1, 0.15) is 48.8 Å². The van der Waals surface area contributed by atoms with E-state index in [9.17, 15) is 4.79 Å². The summed E-state index contributed by atoms with van der Waals surface area (Å²) in [4.78, 5) is 22.5. The van der Waals surface area contributed by atoms with E-state index in [1.807, 2.05) is 37.3 Å². The van der Waals surface area contributed by atoms with Gasteiger partial charge in [0.2, 0.25) is 11.8 Å². The lowest BCUT2D eigenvalue weighted by Crippen LogP contribution is -2.11. The monoisotopic (exact) mass is 440 g/mol. The lowest BCUT2D eigenvalue weighted by atomic mass is 9.98. The minimum atomic E-state index is -0.142. The molecule has 156 valence electrons. The van der Waals surface area contributed by atoms with Gasteiger partial charge < -0.3 is 9.40 Å². The van der Waals surface area contributed by atoms with Gasteiger partial charge in [-0.25, -0.2) is 4.98 Å². The third-order valence-corrected chi connectivity index (χ3v) is 7.20. The number of aromatic nitrogens is 4. The van der Waals surface area contributed by atoms with Gasteiger partial charge in [-0.1, -0.05) is 50.2 Å². The molecule has 4 aromatic rings. The van der Waals surface area contributed by atoms with Crippen LogP contribution in [0, 0.1) is 12.8 Å². The molecule has 0 aliphatic rings. The first-order chi connectivity index (χ1) is 14.5. The van der Waals surface area contributed by atoms with Crippen LogP contribution in [0.15, 0.2) is 44.7 Å². The molecule has 0 saturated carbocycles. The standard InChI is InChI=1S/C22H24N4O2S2/c1-5-12(2)11-16-13(3)29-21-17(16)18(27)23-22(24-21)30-14(4)19-25-26-20(28-19)15-9-7-6-8-10-15/h6-10,12,14H,5,11H2,1-4H3,(H,23,24,27)/t12-,14-/m0/s1. The lowest BCUT2D eigenvalue weighted by Gasteiger charge is -2.08. The number of rotatable bonds is 7. The molecule has 0 unspecified atom stereocenters. The Bertz CT molecular complexity index is 1210. The van der Waals surface area contributed by atoms with E-state index >= 15 is 0 Å². The molecule has 1 N–H and O–H groups in total. The molecule has 4 rings (SSSR count). The Morgan fingerprint density at radius 1 is 1.20 bits per heavy atom. The van der Waals surface area contributed by atoms with Crippen LogP contribution in [-0.2, 0) is 6.42 Å². The molecule has 0 amide bonds. The van der Waals surface area contributed by atoms with Gasteiger partial charge >= 0.3 is 0 Å². The van der Waals surface area contributed by atoms with Crippen molar-refractivity contribution in [3.05, 3.63) is 57.0 Å². The Labute approximate surface area is 183 Å². The summed E-state index contributed by atoms with van der Waals surface area (Å²) in [6.45, 7) is 8.42. The van der Waals surface area contributed by atoms with Crippen LogP contribution in [0.25, 0.3) is 21.7 Å². The number of thiophene rings is 1. The molecular weight excluding hydrogens is 416 g/mol. The number of thioether (sulfide) groups is 1. The second-order valence-electron chi connectivity index (χ2n) is 7.48. The summed E-state index contributed by atoms with van der Waals surface area (Å²) in [5, 5.41) is 9.48. The van der Waals surface area contributed by atoms with Crippen LogP contribution in [0.2, 0.25) is 0 Å². The van der Waals surface area contributed by atoms with Gasteiger partial charge in [0.15, 0.2) is 5.16 Å². The molecule has 3 heterocycles. The molecule has 0 radical (unpaired) electrons. The van der Waals surface area contributed by atoms with Gasteiger partial charge in [0.05, 0.1) is 10.6 Å². The van der Waals surface area contributed by atoms with Crippen molar-refractivity contribution in [3.63, 3.8) is 0 Å². The van der Waals surface area contributed by atoms with Crippen LogP contribution in [0.4, 0.5) is 0 Å². The molecule has 3 aromatic heterocycles. The quantitative estimate of drug-likeness (QED) is 0.289. The van der Waals surface area contributed by atoms with Crippen LogP contribution < -0.4 is 5.56 Å². The minimum absolute atomic E-state index is 0.0761. The van der Waals surface area contributed by atoms with E-state index in [0.717, 1.165) is 34.2 Å². The van der Waals surface area contributed by atoms with E-state index in [0.29, 0.717) is 22.9 Å². The summed E-state index contributed by atoms with van der Waals surface area (Å²) in [5.74, 6) is 1.52. The number of nitrogens with one attached hydrogen (secondary N) is 1. The average molecular weight is 441 g/mol. The second kappa shape index (κ2) is 8.73. The summed E-state index contributed by atoms with van der Waals surface area (Å²) >= 11 is 3.00. The van der Waals surface area contributed by atoms with Crippen molar-refractivity contribution in [2.45, 2.75) is 50.9 Å². The molecule has 0 aliphatic heterocycles. The normalized spacial score (nSPS) is 13.6. The number of H-pyrrole nitrogens is 1. The van der Waals surface area contributed by atoms with Crippen molar-refractivity contribution in [2.24, 2.45) is 5.92 Å². The maximum Gasteiger partial charge on any atom is 0.260 e. The highest BCUT2D eigenvalue weighted by molar-refractivity contribution is 7.99. The molecule has 1 aromatic carbocycles. The van der Waals surface area contributed by atoms with Crippen LogP contribution in [0.5, 0.6) is 0 Å². The molecule has 30 heavy (non-hydrogen) atoms. The van der Waals surface area contributed by atoms with Gasteiger partial charge in [-0.15, -0.1) is 21.5 Å². The van der Waals surface area contributed by atoms with E-state index in [1.54, 1.807) is 11.3 Å². The fourth-order valence-electron chi connectivity index (χ4n) is 3.26. The van der Waals surface area contributed by atoms with E-state index in [-0.39, 0.29) is 10.8 Å². The third kappa shape index (κ3) is 4.20. The molecule has 0 bridgehead atoms. The van der Waals surface area contributed by atoms with Gasteiger partial charge in [-0.05, 0) is 43.9 Å². The van der Waals surface area contributed by atoms with Gasteiger partial charge in [0.25, 0.3) is 5.56 Å². The maximum absolute atomic E-state index is 12.9. The topological polar surface area (TPSA) is 84.7 Å². The van der Waals surface area contributed by atoms with Gasteiger partial charge in [0.1, 0.15) is 4.83 Å². The van der Waals surface area contributed by atoms with Crippen molar-refractivity contribution < 1.29 is 4.42 Å². The highest BCUT2D eigenvalue weighted by Gasteiger charge is 2.20. The van der Waals surface area contributed by atoms with Crippen molar-refractivity contribution in [1.82, 2.24) is 20.2 Å². The first-order valence-corrected chi connectivity index (χ1v) is 11.7. The molecule has 2 atom stereocenters. The van der Waals surface area contributed by atoms with Crippen LogP contribution in [-0.4, -0.2) is 20.2 Å². The van der Waals surface area contributed by atoms with Crippen molar-refractivity contribution in [1.29, 1.82) is 0 Å². The summed E-state index contributed by atoms with van der Waals surface area (Å²) < 4.78 is 5.84. The largest absolute Gasteiger partial charge is 0.419 e. The molecule has 8 heteroatoms. The van der Waals surface area contributed by atoms with Crippen molar-refractivity contribution in [3.8, 4) is 11.5 Å². The van der Waals surface area contributed by atoms with E-state index < -0.39 is 0 Å². The molecular formula is C22H24N4O2S2. The zero-order valence-corrected chi connectivity index (χ0v) is 19.1. The van der Waals surface area contributed by atoms with Gasteiger partial charge in [0, 0.05) is 10.4 Å². The Kier molecular flexibility index (Phi) is 6.06. The smallest absolute Gasteiger partial charge is 0.260 e. The maximum atomic E-state index is 12.9. The zero-order chi connectivity index (χ0) is 21.3. The average Bonchev–Trinajstić information content (AvgIpc) is 3.34. The Balaban J connectivity index is 1.58. The first-order valence-electron chi connectivity index (χ1n) is 10.0. The van der Waals surface area contributed by atoms with E-state index in [2.05, 4.69) is 36.0 Å². The predicted molar refractivity (Wildman–Crippen MR) is 122 cm³/mol. The van der Waals surface area contributed by atoms with Crippen molar-refractivity contribution >= 4 is 33.3 Å². The highest BCUT2D eigenvalue weighted by atomic mass is 32.2. The van der Waals surface area contributed by atoms with Crippen molar-refractivity contribution in [2.75, 3.05) is 0 Å². The van der Waals surface area contributed by atoms with Crippen LogP contribution >= 0.6 is 23.1 Å². The fourth-order valence-corrected chi connectivity index (χ4v) is 5.20. The number of aryl methyl sites for hydroxylation is 1. The number of aromatic amines is 1. The summed E-state index contributed by atoms with van der Waals surface area (Å²) in [7, 11) is 0. The van der Waals surface area contributed by atoms with Crippen LogP contribution in [0.3, 0.4) is 0 Å². The SMILES string of the molecule is CC[C@H](C)Cc1c(C)sc2nc(S[C@@H](C)c3nnc(-c4ccccc4)o3)[nH]c(=O)c12. The molecule has 0 aliphatic carbocycles. The highest BCUT2D eigenvalue weighted by Crippen LogP contribution is 2.35. The number of hydrogen-bond acceptors (Lipinski definition) is 7. The molecule has 6 nitrogen and oxygen atoms in total. The molecule has 0 fully saturated rings. The first kappa shape index (κ1) is 20.8. The van der Waals surface area contributed by atoms with Gasteiger partial charge in [-0.2, -0.15) is 0 Å². The summed E-state index contributed by atoms with van der Waals surface area (Å²) in [5.41, 5.74) is 1.93. The number of benzene rings is 1. The minimum Gasteiger partial charge on any atom is -0.419 e. The Morgan fingerprint density at radius 2 is 1.97 bits per heavy atom. The molecule has 0 saturated heterocycles. The Hall–Kier alpha value is -2.45. The van der Waals surface area contributed by atoms with E-state index in [1.165, 1.54) is 16.6 Å². The van der Waals surface area contributed by atoms with E-state index in [4.69, 9.17) is 9.40 Å². The number of nitrogens with zero attached hydrogens (tertiary/aromatic N) is 3. The molecule has 0 spiro atoms. The number of hydrogen-bond donors (Lipinski definition) is 1. The summed E-state index contributed by atoms with van der Waals surface area (Å²) in [6.07, 6.45) is 1.99. The van der Waals surface area contributed by atoms with Gasteiger partial charge in [-0.3, -0.25) is 4.79 Å². The lowest BCUT2D eigenvalue weighted by molar-refractivity contribution is 0.509. The predicted octanol–water partition coefficient (Wildman–Crippen LogP) is 5.78. The zero-order valence-electron chi connectivity index (χ0n) is 17.4. The number of fused-ring (bicyclic) bond motifs is 1. The summed E-state index contributed by atoms with van der Waals surface area (Å²) in [6, 6.07) is 9.66. The second-order valence-corrected chi connectivity index (χ2v) is 10.0. The fraction of sp³-hybridized carbons (Fsp3) is 0.364.